The number of carbonyl (C=O) groups excluding carboxylic acids is 1. The molecule has 0 aliphatic heterocycles. The molecule has 0 aliphatic carbocycles. The molecule has 20 heavy (non-hydrogen) atoms. The number of hydrogen-bond acceptors (Lipinski definition) is 6. The molecule has 114 valence electrons. The number of hydrogen-bond donors (Lipinski definition) is 2. The van der Waals surface area contributed by atoms with Crippen molar-refractivity contribution in [3.63, 3.8) is 0 Å². The number of alkyl carbamates (subject to hydrolysis) is 1. The molecule has 0 bridgehead atoms. The first-order chi connectivity index (χ1) is 9.26. The van der Waals surface area contributed by atoms with Gasteiger partial charge in [0.15, 0.2) is 5.82 Å². The van der Waals surface area contributed by atoms with E-state index in [1.54, 1.807) is 6.92 Å². The van der Waals surface area contributed by atoms with Gasteiger partial charge in [0.25, 0.3) is 0 Å². The van der Waals surface area contributed by atoms with E-state index in [9.17, 15) is 4.79 Å². The van der Waals surface area contributed by atoms with Gasteiger partial charge in [-0.25, -0.2) is 4.79 Å². The van der Waals surface area contributed by atoms with E-state index in [-0.39, 0.29) is 6.04 Å². The molecule has 0 saturated carbocycles. The Morgan fingerprint density at radius 1 is 1.45 bits per heavy atom. The number of nitrogens with zero attached hydrogens (tertiary/aromatic N) is 2. The van der Waals surface area contributed by atoms with E-state index in [2.05, 4.69) is 20.8 Å². The lowest BCUT2D eigenvalue weighted by atomic mass is 10.2. The van der Waals surface area contributed by atoms with Crippen molar-refractivity contribution in [3.05, 3.63) is 11.7 Å². The Morgan fingerprint density at radius 2 is 2.15 bits per heavy atom. The van der Waals surface area contributed by atoms with Crippen LogP contribution in [0, 0.1) is 6.92 Å². The summed E-state index contributed by atoms with van der Waals surface area (Å²) in [5.74, 6) is 1.25. The van der Waals surface area contributed by atoms with E-state index < -0.39 is 11.7 Å². The molecule has 0 radical (unpaired) electrons. The van der Waals surface area contributed by atoms with Crippen LogP contribution in [0.5, 0.6) is 0 Å². The number of rotatable bonds is 6. The van der Waals surface area contributed by atoms with E-state index in [1.165, 1.54) is 0 Å². The van der Waals surface area contributed by atoms with Gasteiger partial charge in [0, 0.05) is 32.5 Å². The summed E-state index contributed by atoms with van der Waals surface area (Å²) in [5, 5.41) is 9.80. The Balaban J connectivity index is 2.14. The van der Waals surface area contributed by atoms with Gasteiger partial charge in [-0.15, -0.1) is 0 Å². The molecule has 0 spiro atoms. The van der Waals surface area contributed by atoms with E-state index >= 15 is 0 Å². The number of amides is 1. The second-order valence-corrected chi connectivity index (χ2v) is 5.72. The minimum absolute atomic E-state index is 0.135. The Kier molecular flexibility index (Phi) is 5.94. The van der Waals surface area contributed by atoms with Gasteiger partial charge in [0.1, 0.15) is 5.60 Å². The second-order valence-electron chi connectivity index (χ2n) is 5.72. The molecule has 1 unspecified atom stereocenters. The van der Waals surface area contributed by atoms with E-state index in [1.807, 2.05) is 27.7 Å². The van der Waals surface area contributed by atoms with E-state index in [0.717, 1.165) is 6.54 Å². The van der Waals surface area contributed by atoms with Gasteiger partial charge in [-0.3, -0.25) is 0 Å². The van der Waals surface area contributed by atoms with Gasteiger partial charge in [-0.1, -0.05) is 5.16 Å². The van der Waals surface area contributed by atoms with Crippen molar-refractivity contribution in [1.29, 1.82) is 0 Å². The highest BCUT2D eigenvalue weighted by Crippen LogP contribution is 2.06. The van der Waals surface area contributed by atoms with Crippen LogP contribution in [0.25, 0.3) is 0 Å². The van der Waals surface area contributed by atoms with Gasteiger partial charge in [-0.2, -0.15) is 4.98 Å². The Hall–Kier alpha value is -1.63. The van der Waals surface area contributed by atoms with Crippen molar-refractivity contribution in [2.24, 2.45) is 0 Å². The summed E-state index contributed by atoms with van der Waals surface area (Å²) in [6.07, 6.45) is 0.286. The summed E-state index contributed by atoms with van der Waals surface area (Å²) in [5.41, 5.74) is -0.475. The van der Waals surface area contributed by atoms with Crippen LogP contribution in [0.2, 0.25) is 0 Å². The second kappa shape index (κ2) is 7.23. The fourth-order valence-electron chi connectivity index (χ4n) is 1.50. The standard InChI is InChI=1S/C13H24N4O3/c1-9(8-15-12(18)19-13(3,4)5)14-7-6-11-16-10(2)20-17-11/h9,14H,6-8H2,1-5H3,(H,15,18). The van der Waals surface area contributed by atoms with Crippen LogP contribution >= 0.6 is 0 Å². The summed E-state index contributed by atoms with van der Waals surface area (Å²) < 4.78 is 10.0. The lowest BCUT2D eigenvalue weighted by molar-refractivity contribution is 0.0523. The third-order valence-electron chi connectivity index (χ3n) is 2.36. The summed E-state index contributed by atoms with van der Waals surface area (Å²) in [7, 11) is 0. The third kappa shape index (κ3) is 7.08. The van der Waals surface area contributed by atoms with Gasteiger partial charge in [0.05, 0.1) is 0 Å². The molecule has 1 atom stereocenters. The summed E-state index contributed by atoms with van der Waals surface area (Å²) in [6, 6.07) is 0.135. The number of ether oxygens (including phenoxy) is 1. The predicted octanol–water partition coefficient (Wildman–Crippen LogP) is 1.42. The molecular formula is C13H24N4O3. The SMILES string of the molecule is Cc1nc(CCNC(C)CNC(=O)OC(C)(C)C)no1. The molecule has 0 fully saturated rings. The topological polar surface area (TPSA) is 89.3 Å². The lowest BCUT2D eigenvalue weighted by Crippen LogP contribution is -2.41. The van der Waals surface area contributed by atoms with Crippen LogP contribution in [-0.2, 0) is 11.2 Å². The molecule has 1 amide bonds. The predicted molar refractivity (Wildman–Crippen MR) is 74.4 cm³/mol. The molecule has 1 aromatic heterocycles. The van der Waals surface area contributed by atoms with Crippen molar-refractivity contribution in [2.45, 2.75) is 52.7 Å². The normalized spacial score (nSPS) is 13.1. The van der Waals surface area contributed by atoms with Crippen LogP contribution in [0.1, 0.15) is 39.4 Å². The summed E-state index contributed by atoms with van der Waals surface area (Å²) >= 11 is 0. The third-order valence-corrected chi connectivity index (χ3v) is 2.36. The number of aryl methyl sites for hydroxylation is 1. The molecule has 2 N–H and O–H groups in total. The highest BCUT2D eigenvalue weighted by atomic mass is 16.6. The van der Waals surface area contributed by atoms with Crippen LogP contribution in [0.3, 0.4) is 0 Å². The summed E-state index contributed by atoms with van der Waals surface area (Å²) in [4.78, 5) is 15.6. The minimum atomic E-state index is -0.475. The van der Waals surface area contributed by atoms with Crippen LogP contribution in [0.15, 0.2) is 4.52 Å². The zero-order valence-electron chi connectivity index (χ0n) is 12.8. The first-order valence-electron chi connectivity index (χ1n) is 6.75. The first-order valence-corrected chi connectivity index (χ1v) is 6.75. The summed E-state index contributed by atoms with van der Waals surface area (Å²) in [6.45, 7) is 10.5. The molecule has 1 aromatic rings. The molecular weight excluding hydrogens is 260 g/mol. The fourth-order valence-corrected chi connectivity index (χ4v) is 1.50. The number of carbonyl (C=O) groups is 1. The quantitative estimate of drug-likeness (QED) is 0.821. The maximum Gasteiger partial charge on any atom is 0.407 e. The molecule has 7 heteroatoms. The largest absolute Gasteiger partial charge is 0.444 e. The van der Waals surface area contributed by atoms with Crippen LogP contribution in [0.4, 0.5) is 4.79 Å². The van der Waals surface area contributed by atoms with Gasteiger partial charge in [-0.05, 0) is 27.7 Å². The van der Waals surface area contributed by atoms with Crippen molar-refractivity contribution in [1.82, 2.24) is 20.8 Å². The highest BCUT2D eigenvalue weighted by molar-refractivity contribution is 5.67. The molecule has 7 nitrogen and oxygen atoms in total. The van der Waals surface area contributed by atoms with Gasteiger partial charge in [0.2, 0.25) is 5.89 Å². The molecule has 0 aliphatic rings. The van der Waals surface area contributed by atoms with Crippen LogP contribution < -0.4 is 10.6 Å². The zero-order valence-corrected chi connectivity index (χ0v) is 12.8. The van der Waals surface area contributed by atoms with Gasteiger partial charge >= 0.3 is 6.09 Å². The maximum absolute atomic E-state index is 11.5. The fraction of sp³-hybridized carbons (Fsp3) is 0.769. The monoisotopic (exact) mass is 284 g/mol. The maximum atomic E-state index is 11.5. The molecule has 1 rings (SSSR count). The molecule has 0 aromatic carbocycles. The number of nitrogens with one attached hydrogen (secondary N) is 2. The Morgan fingerprint density at radius 3 is 2.70 bits per heavy atom. The average molecular weight is 284 g/mol. The minimum Gasteiger partial charge on any atom is -0.444 e. The Bertz CT molecular complexity index is 425. The van der Waals surface area contributed by atoms with E-state index in [4.69, 9.17) is 9.26 Å². The van der Waals surface area contributed by atoms with Crippen molar-refractivity contribution in [2.75, 3.05) is 13.1 Å². The van der Waals surface area contributed by atoms with Crippen molar-refractivity contribution >= 4 is 6.09 Å². The van der Waals surface area contributed by atoms with E-state index in [0.29, 0.717) is 24.7 Å². The smallest absolute Gasteiger partial charge is 0.407 e. The molecule has 0 saturated heterocycles. The van der Waals surface area contributed by atoms with Gasteiger partial charge < -0.3 is 19.9 Å². The van der Waals surface area contributed by atoms with Crippen molar-refractivity contribution in [3.8, 4) is 0 Å². The highest BCUT2D eigenvalue weighted by Gasteiger charge is 2.16. The average Bonchev–Trinajstić information content (AvgIpc) is 2.70. The molecule has 1 heterocycles. The van der Waals surface area contributed by atoms with Crippen LogP contribution in [-0.4, -0.2) is 41.0 Å². The Labute approximate surface area is 119 Å². The van der Waals surface area contributed by atoms with Crippen molar-refractivity contribution < 1.29 is 14.1 Å². The first kappa shape index (κ1) is 16.4. The lowest BCUT2D eigenvalue weighted by Gasteiger charge is -2.21. The number of aromatic nitrogens is 2. The zero-order chi connectivity index (χ0) is 15.2.